The summed E-state index contributed by atoms with van der Waals surface area (Å²) in [6, 6.07) is 4.46. The van der Waals surface area contributed by atoms with E-state index in [1.165, 1.54) is 16.7 Å². The second-order valence-electron chi connectivity index (χ2n) is 4.81. The third-order valence-corrected chi connectivity index (χ3v) is 3.38. The monoisotopic (exact) mass is 234 g/mol. The van der Waals surface area contributed by atoms with Crippen molar-refractivity contribution in [3.05, 3.63) is 28.8 Å². The van der Waals surface area contributed by atoms with Gasteiger partial charge in [-0.25, -0.2) is 0 Å². The molecule has 2 atom stereocenters. The van der Waals surface area contributed by atoms with Gasteiger partial charge in [0, 0.05) is 0 Å². The minimum Gasteiger partial charge on any atom is -0.490 e. The Kier molecular flexibility index (Phi) is 3.72. The molecule has 94 valence electrons. The molecule has 17 heavy (non-hydrogen) atoms. The summed E-state index contributed by atoms with van der Waals surface area (Å²) in [6.45, 7) is 9.28. The Labute approximate surface area is 104 Å². The van der Waals surface area contributed by atoms with E-state index in [2.05, 4.69) is 39.8 Å². The Hall–Kier alpha value is -1.02. The number of aryl methyl sites for hydroxylation is 3. The lowest BCUT2D eigenvalue weighted by atomic mass is 10.0. The van der Waals surface area contributed by atoms with Crippen LogP contribution in [0.5, 0.6) is 5.75 Å². The van der Waals surface area contributed by atoms with Crippen LogP contribution in [0.4, 0.5) is 0 Å². The molecule has 1 heterocycles. The van der Waals surface area contributed by atoms with Gasteiger partial charge in [-0.2, -0.15) is 0 Å². The molecule has 1 fully saturated rings. The highest BCUT2D eigenvalue weighted by Crippen LogP contribution is 2.29. The fraction of sp³-hybridized carbons (Fsp3) is 0.600. The molecule has 2 heteroatoms. The first-order chi connectivity index (χ1) is 8.15. The molecule has 0 saturated carbocycles. The quantitative estimate of drug-likeness (QED) is 0.729. The van der Waals surface area contributed by atoms with Crippen LogP contribution in [0.2, 0.25) is 0 Å². The van der Waals surface area contributed by atoms with E-state index in [1.807, 2.05) is 0 Å². The number of epoxide rings is 1. The summed E-state index contributed by atoms with van der Waals surface area (Å²) in [4.78, 5) is 0. The lowest BCUT2D eigenvalue weighted by molar-refractivity contribution is 0.257. The Bertz CT molecular complexity index is 373. The SMILES string of the molecule is CCc1cc(C)cc(CC)c1OCC1OC1C. The number of benzene rings is 1. The summed E-state index contributed by atoms with van der Waals surface area (Å²) in [5.74, 6) is 1.09. The van der Waals surface area contributed by atoms with E-state index in [-0.39, 0.29) is 0 Å². The van der Waals surface area contributed by atoms with Gasteiger partial charge in [0.25, 0.3) is 0 Å². The van der Waals surface area contributed by atoms with E-state index in [9.17, 15) is 0 Å². The number of hydrogen-bond acceptors (Lipinski definition) is 2. The zero-order valence-corrected chi connectivity index (χ0v) is 11.2. The van der Waals surface area contributed by atoms with Crippen LogP contribution in [0, 0.1) is 6.92 Å². The molecule has 0 aliphatic carbocycles. The van der Waals surface area contributed by atoms with Gasteiger partial charge in [0.15, 0.2) is 0 Å². The van der Waals surface area contributed by atoms with E-state index in [0.717, 1.165) is 18.6 Å². The average Bonchev–Trinajstić information content (AvgIpc) is 3.02. The molecule has 2 unspecified atom stereocenters. The molecule has 0 radical (unpaired) electrons. The second-order valence-corrected chi connectivity index (χ2v) is 4.81. The third kappa shape index (κ3) is 2.81. The van der Waals surface area contributed by atoms with Crippen molar-refractivity contribution < 1.29 is 9.47 Å². The summed E-state index contributed by atoms with van der Waals surface area (Å²) in [7, 11) is 0. The molecule has 0 bridgehead atoms. The van der Waals surface area contributed by atoms with Gasteiger partial charge in [-0.15, -0.1) is 0 Å². The van der Waals surface area contributed by atoms with E-state index in [1.54, 1.807) is 0 Å². The molecule has 0 N–H and O–H groups in total. The molecule has 2 rings (SSSR count). The van der Waals surface area contributed by atoms with Crippen LogP contribution >= 0.6 is 0 Å². The highest BCUT2D eigenvalue weighted by molar-refractivity contribution is 5.44. The van der Waals surface area contributed by atoms with Gasteiger partial charge in [-0.1, -0.05) is 31.5 Å². The van der Waals surface area contributed by atoms with Crippen molar-refractivity contribution in [1.29, 1.82) is 0 Å². The molecule has 1 aromatic carbocycles. The maximum Gasteiger partial charge on any atom is 0.125 e. The van der Waals surface area contributed by atoms with Crippen LogP contribution in [-0.4, -0.2) is 18.8 Å². The topological polar surface area (TPSA) is 21.8 Å². The first-order valence-corrected chi connectivity index (χ1v) is 6.56. The lowest BCUT2D eigenvalue weighted by Gasteiger charge is -2.15. The number of ether oxygens (including phenoxy) is 2. The summed E-state index contributed by atoms with van der Waals surface area (Å²) < 4.78 is 11.4. The van der Waals surface area contributed by atoms with Crippen molar-refractivity contribution in [3.63, 3.8) is 0 Å². The van der Waals surface area contributed by atoms with Gasteiger partial charge < -0.3 is 9.47 Å². The van der Waals surface area contributed by atoms with Crippen molar-refractivity contribution in [1.82, 2.24) is 0 Å². The fourth-order valence-corrected chi connectivity index (χ4v) is 2.21. The van der Waals surface area contributed by atoms with Crippen LogP contribution in [0.15, 0.2) is 12.1 Å². The minimum atomic E-state index is 0.297. The van der Waals surface area contributed by atoms with Gasteiger partial charge in [0.1, 0.15) is 18.5 Å². The molecule has 1 saturated heterocycles. The van der Waals surface area contributed by atoms with Crippen molar-refractivity contribution in [2.75, 3.05) is 6.61 Å². The van der Waals surface area contributed by atoms with Crippen LogP contribution in [0.1, 0.15) is 37.5 Å². The van der Waals surface area contributed by atoms with Crippen molar-refractivity contribution in [2.45, 2.75) is 52.7 Å². The maximum absolute atomic E-state index is 5.97. The smallest absolute Gasteiger partial charge is 0.125 e. The Morgan fingerprint density at radius 2 is 1.71 bits per heavy atom. The highest BCUT2D eigenvalue weighted by atomic mass is 16.6. The maximum atomic E-state index is 5.97. The summed E-state index contributed by atoms with van der Waals surface area (Å²) in [5.41, 5.74) is 3.95. The summed E-state index contributed by atoms with van der Waals surface area (Å²) >= 11 is 0. The third-order valence-electron chi connectivity index (χ3n) is 3.38. The van der Waals surface area contributed by atoms with Gasteiger partial charge >= 0.3 is 0 Å². The molecule has 0 spiro atoms. The molecule has 0 aromatic heterocycles. The van der Waals surface area contributed by atoms with Crippen molar-refractivity contribution in [3.8, 4) is 5.75 Å². The molecule has 0 amide bonds. The van der Waals surface area contributed by atoms with Crippen molar-refractivity contribution in [2.24, 2.45) is 0 Å². The second kappa shape index (κ2) is 5.09. The first kappa shape index (κ1) is 12.4. The predicted molar refractivity (Wildman–Crippen MR) is 69.8 cm³/mol. The Balaban J connectivity index is 2.16. The molecule has 1 aliphatic heterocycles. The van der Waals surface area contributed by atoms with Crippen LogP contribution in [0.3, 0.4) is 0 Å². The molecule has 2 nitrogen and oxygen atoms in total. The summed E-state index contributed by atoms with van der Waals surface area (Å²) in [6.07, 6.45) is 2.71. The van der Waals surface area contributed by atoms with Crippen LogP contribution in [0.25, 0.3) is 0 Å². The Morgan fingerprint density at radius 3 is 2.12 bits per heavy atom. The van der Waals surface area contributed by atoms with E-state index in [4.69, 9.17) is 9.47 Å². The van der Waals surface area contributed by atoms with Gasteiger partial charge in [0.05, 0.1) is 6.10 Å². The van der Waals surface area contributed by atoms with E-state index < -0.39 is 0 Å². The highest BCUT2D eigenvalue weighted by Gasteiger charge is 2.35. The standard InChI is InChI=1S/C15H22O2/c1-5-12-7-10(3)8-13(6-2)15(12)16-9-14-11(4)17-14/h7-8,11,14H,5-6,9H2,1-4H3. The minimum absolute atomic E-state index is 0.297. The average molecular weight is 234 g/mol. The zero-order chi connectivity index (χ0) is 12.4. The fourth-order valence-electron chi connectivity index (χ4n) is 2.21. The summed E-state index contributed by atoms with van der Waals surface area (Å²) in [5, 5.41) is 0. The predicted octanol–water partition coefficient (Wildman–Crippen LogP) is 3.29. The molecular formula is C15H22O2. The van der Waals surface area contributed by atoms with E-state index >= 15 is 0 Å². The zero-order valence-electron chi connectivity index (χ0n) is 11.2. The number of hydrogen-bond donors (Lipinski definition) is 0. The molecule has 1 aromatic rings. The van der Waals surface area contributed by atoms with Crippen molar-refractivity contribution >= 4 is 0 Å². The molecule has 1 aliphatic rings. The van der Waals surface area contributed by atoms with E-state index in [0.29, 0.717) is 18.8 Å². The van der Waals surface area contributed by atoms with Gasteiger partial charge in [-0.05, 0) is 37.8 Å². The normalized spacial score (nSPS) is 22.6. The first-order valence-electron chi connectivity index (χ1n) is 6.56. The number of rotatable bonds is 5. The lowest BCUT2D eigenvalue weighted by Crippen LogP contribution is -2.09. The Morgan fingerprint density at radius 1 is 1.18 bits per heavy atom. The van der Waals surface area contributed by atoms with Crippen LogP contribution < -0.4 is 4.74 Å². The van der Waals surface area contributed by atoms with Gasteiger partial charge in [-0.3, -0.25) is 0 Å². The molecular weight excluding hydrogens is 212 g/mol. The van der Waals surface area contributed by atoms with Crippen LogP contribution in [-0.2, 0) is 17.6 Å². The largest absolute Gasteiger partial charge is 0.490 e. The van der Waals surface area contributed by atoms with Gasteiger partial charge in [0.2, 0.25) is 0 Å².